The lowest BCUT2D eigenvalue weighted by molar-refractivity contribution is -0.118. The van der Waals surface area contributed by atoms with Gasteiger partial charge in [-0.3, -0.25) is 4.79 Å². The Hall–Kier alpha value is -1.12. The molecule has 0 spiro atoms. The second-order valence-corrected chi connectivity index (χ2v) is 7.60. The molecule has 0 atom stereocenters. The molecule has 2 aromatic rings. The van der Waals surface area contributed by atoms with Crippen LogP contribution < -0.4 is 5.32 Å². The van der Waals surface area contributed by atoms with Crippen molar-refractivity contribution >= 4 is 44.9 Å². The highest BCUT2D eigenvalue weighted by molar-refractivity contribution is 9.10. The number of hydrogen-bond acceptors (Lipinski definition) is 5. The first-order valence-electron chi connectivity index (χ1n) is 7.32. The van der Waals surface area contributed by atoms with Gasteiger partial charge in [-0.25, -0.2) is 0 Å². The van der Waals surface area contributed by atoms with E-state index in [2.05, 4.69) is 57.9 Å². The zero-order valence-electron chi connectivity index (χ0n) is 13.1. The molecule has 0 aliphatic rings. The molecule has 0 aromatic carbocycles. The van der Waals surface area contributed by atoms with Crippen molar-refractivity contribution < 1.29 is 4.79 Å². The molecule has 0 saturated heterocycles. The smallest absolute Gasteiger partial charge is 0.230 e. The quantitative estimate of drug-likeness (QED) is 0.527. The molecule has 0 saturated carbocycles. The zero-order chi connectivity index (χ0) is 16.8. The number of thiophene rings is 1. The average Bonchev–Trinajstić information content (AvgIpc) is 3.13. The highest BCUT2D eigenvalue weighted by Crippen LogP contribution is 2.35. The summed E-state index contributed by atoms with van der Waals surface area (Å²) >= 11 is 6.71. The summed E-state index contributed by atoms with van der Waals surface area (Å²) in [5.74, 6) is 1.14. The number of amides is 1. The molecule has 2 heterocycles. The summed E-state index contributed by atoms with van der Waals surface area (Å²) in [7, 11) is 0. The molecule has 23 heavy (non-hydrogen) atoms. The number of aromatic nitrogens is 3. The third-order valence-corrected chi connectivity index (χ3v) is 6.32. The number of nitrogens with zero attached hydrogens (tertiary/aromatic N) is 3. The highest BCUT2D eigenvalue weighted by Gasteiger charge is 2.17. The van der Waals surface area contributed by atoms with Crippen LogP contribution >= 0.6 is 39.0 Å². The van der Waals surface area contributed by atoms with Crippen molar-refractivity contribution in [1.29, 1.82) is 0 Å². The fourth-order valence-electron chi connectivity index (χ4n) is 1.99. The summed E-state index contributed by atoms with van der Waals surface area (Å²) in [6.45, 7) is 9.01. The maximum Gasteiger partial charge on any atom is 0.230 e. The molecule has 1 N–H and O–H groups in total. The fourth-order valence-corrected chi connectivity index (χ4v) is 4.71. The van der Waals surface area contributed by atoms with Gasteiger partial charge in [0, 0.05) is 22.4 Å². The number of thioether (sulfide) groups is 1. The van der Waals surface area contributed by atoms with Gasteiger partial charge in [-0.2, -0.15) is 0 Å². The molecule has 5 nitrogen and oxygen atoms in total. The SMILES string of the molecule is C=CCNC(=O)CSc1nnc(-c2cc(Br)c(CC)s2)n1CC. The third kappa shape index (κ3) is 4.45. The zero-order valence-corrected chi connectivity index (χ0v) is 16.4. The molecule has 0 bridgehead atoms. The lowest BCUT2D eigenvalue weighted by atomic mass is 10.3. The minimum absolute atomic E-state index is 0.0331. The molecule has 1 amide bonds. The normalized spacial score (nSPS) is 10.7. The van der Waals surface area contributed by atoms with Crippen molar-refractivity contribution in [2.45, 2.75) is 32.0 Å². The summed E-state index contributed by atoms with van der Waals surface area (Å²) in [4.78, 5) is 14.1. The van der Waals surface area contributed by atoms with Gasteiger partial charge in [-0.15, -0.1) is 28.1 Å². The topological polar surface area (TPSA) is 59.8 Å². The Labute approximate surface area is 152 Å². The first-order chi connectivity index (χ1) is 11.1. The van der Waals surface area contributed by atoms with Crippen LogP contribution in [0.3, 0.4) is 0 Å². The van der Waals surface area contributed by atoms with Crippen LogP contribution in [0.15, 0.2) is 28.4 Å². The lowest BCUT2D eigenvalue weighted by Gasteiger charge is -2.06. The summed E-state index contributed by atoms with van der Waals surface area (Å²) in [5.41, 5.74) is 0. The van der Waals surface area contributed by atoms with E-state index in [1.165, 1.54) is 16.6 Å². The number of hydrogen-bond donors (Lipinski definition) is 1. The fraction of sp³-hybridized carbons (Fsp3) is 0.400. The molecule has 124 valence electrons. The van der Waals surface area contributed by atoms with E-state index >= 15 is 0 Å². The lowest BCUT2D eigenvalue weighted by Crippen LogP contribution is -2.25. The first-order valence-corrected chi connectivity index (χ1v) is 9.92. The van der Waals surface area contributed by atoms with Crippen molar-refractivity contribution in [3.05, 3.63) is 28.1 Å². The Kier molecular flexibility index (Phi) is 6.86. The monoisotopic (exact) mass is 414 g/mol. The van der Waals surface area contributed by atoms with Crippen LogP contribution in [0.1, 0.15) is 18.7 Å². The number of rotatable bonds is 8. The van der Waals surface area contributed by atoms with Crippen LogP contribution in [-0.2, 0) is 17.8 Å². The van der Waals surface area contributed by atoms with E-state index in [0.29, 0.717) is 12.3 Å². The Bertz CT molecular complexity index is 696. The summed E-state index contributed by atoms with van der Waals surface area (Å²) in [5, 5.41) is 12.1. The van der Waals surface area contributed by atoms with Crippen molar-refractivity contribution in [1.82, 2.24) is 20.1 Å². The maximum atomic E-state index is 11.7. The van der Waals surface area contributed by atoms with Gasteiger partial charge in [0.2, 0.25) is 5.91 Å². The predicted octanol–water partition coefficient (Wildman–Crippen LogP) is 3.75. The Balaban J connectivity index is 2.15. The number of halogens is 1. The van der Waals surface area contributed by atoms with Crippen LogP contribution in [0.5, 0.6) is 0 Å². The third-order valence-electron chi connectivity index (χ3n) is 3.11. The van der Waals surface area contributed by atoms with Crippen LogP contribution in [0.4, 0.5) is 0 Å². The van der Waals surface area contributed by atoms with E-state index in [4.69, 9.17) is 0 Å². The minimum atomic E-state index is -0.0331. The number of nitrogens with one attached hydrogen (secondary N) is 1. The van der Waals surface area contributed by atoms with E-state index in [9.17, 15) is 4.79 Å². The van der Waals surface area contributed by atoms with Crippen molar-refractivity contribution in [2.24, 2.45) is 0 Å². The van der Waals surface area contributed by atoms with Crippen molar-refractivity contribution in [2.75, 3.05) is 12.3 Å². The van der Waals surface area contributed by atoms with E-state index in [-0.39, 0.29) is 5.91 Å². The van der Waals surface area contributed by atoms with Crippen molar-refractivity contribution in [3.63, 3.8) is 0 Å². The summed E-state index contributed by atoms with van der Waals surface area (Å²) in [6.07, 6.45) is 2.64. The number of carbonyl (C=O) groups excluding carboxylic acids is 1. The van der Waals surface area contributed by atoms with Gasteiger partial charge in [0.1, 0.15) is 0 Å². The Morgan fingerprint density at radius 3 is 2.91 bits per heavy atom. The van der Waals surface area contributed by atoms with E-state index in [1.807, 2.05) is 4.57 Å². The number of carbonyl (C=O) groups is 1. The van der Waals surface area contributed by atoms with Gasteiger partial charge in [0.05, 0.1) is 10.6 Å². The van der Waals surface area contributed by atoms with Gasteiger partial charge in [0.15, 0.2) is 11.0 Å². The largest absolute Gasteiger partial charge is 0.352 e. The van der Waals surface area contributed by atoms with Gasteiger partial charge >= 0.3 is 0 Å². The molecular weight excluding hydrogens is 396 g/mol. The second kappa shape index (κ2) is 8.65. The molecule has 0 fully saturated rings. The van der Waals surface area contributed by atoms with E-state index in [1.54, 1.807) is 17.4 Å². The maximum absolute atomic E-state index is 11.7. The molecule has 0 aliphatic carbocycles. The Morgan fingerprint density at radius 2 is 2.30 bits per heavy atom. The molecule has 0 aliphatic heterocycles. The van der Waals surface area contributed by atoms with E-state index < -0.39 is 0 Å². The standard InChI is InChI=1S/C15H19BrN4OS2/c1-4-7-17-13(21)9-22-15-19-18-14(20(15)6-3)12-8-10(16)11(5-2)23-12/h4,8H,1,5-7,9H2,2-3H3,(H,17,21). The molecule has 0 radical (unpaired) electrons. The first kappa shape index (κ1) is 18.2. The second-order valence-electron chi connectivity index (χ2n) is 4.67. The molecular formula is C15H19BrN4OS2. The molecule has 2 rings (SSSR count). The highest BCUT2D eigenvalue weighted by atomic mass is 79.9. The molecule has 2 aromatic heterocycles. The van der Waals surface area contributed by atoms with E-state index in [0.717, 1.165) is 33.3 Å². The Morgan fingerprint density at radius 1 is 1.52 bits per heavy atom. The van der Waals surface area contributed by atoms with Crippen molar-refractivity contribution in [3.8, 4) is 10.7 Å². The average molecular weight is 415 g/mol. The molecule has 8 heteroatoms. The van der Waals surface area contributed by atoms with Gasteiger partial charge in [-0.1, -0.05) is 24.8 Å². The van der Waals surface area contributed by atoms with Gasteiger partial charge < -0.3 is 9.88 Å². The summed E-state index contributed by atoms with van der Waals surface area (Å²) < 4.78 is 3.16. The minimum Gasteiger partial charge on any atom is -0.352 e. The predicted molar refractivity (Wildman–Crippen MR) is 100 cm³/mol. The van der Waals surface area contributed by atoms with Crippen LogP contribution in [0.2, 0.25) is 0 Å². The number of aryl methyl sites for hydroxylation is 1. The van der Waals surface area contributed by atoms with Gasteiger partial charge in [-0.05, 0) is 35.3 Å². The van der Waals surface area contributed by atoms with Crippen LogP contribution in [0.25, 0.3) is 10.7 Å². The van der Waals surface area contributed by atoms with Gasteiger partial charge in [0.25, 0.3) is 0 Å². The van der Waals surface area contributed by atoms with Crippen LogP contribution in [0, 0.1) is 0 Å². The summed E-state index contributed by atoms with van der Waals surface area (Å²) in [6, 6.07) is 2.09. The molecule has 0 unspecified atom stereocenters. The van der Waals surface area contributed by atoms with Crippen LogP contribution in [-0.4, -0.2) is 33.0 Å².